The Bertz CT molecular complexity index is 1030. The number of ether oxygens (including phenoxy) is 1. The van der Waals surface area contributed by atoms with Crippen LogP contribution in [0.25, 0.3) is 0 Å². The number of nitrogens with one attached hydrogen (secondary N) is 1. The van der Waals surface area contributed by atoms with Gasteiger partial charge >= 0.3 is 5.97 Å². The number of carbonyl (C=O) groups is 2. The van der Waals surface area contributed by atoms with E-state index in [0.29, 0.717) is 0 Å². The minimum absolute atomic E-state index is 0.0168. The van der Waals surface area contributed by atoms with Crippen molar-refractivity contribution in [2.45, 2.75) is 4.90 Å². The highest BCUT2D eigenvalue weighted by Gasteiger charge is 2.21. The minimum atomic E-state index is -4.20. The van der Waals surface area contributed by atoms with Crippen LogP contribution in [0.1, 0.15) is 10.4 Å². The Morgan fingerprint density at radius 1 is 1.07 bits per heavy atom. The van der Waals surface area contributed by atoms with Gasteiger partial charge in [-0.2, -0.15) is 0 Å². The molecule has 0 bridgehead atoms. The van der Waals surface area contributed by atoms with E-state index in [1.807, 2.05) is 0 Å². The van der Waals surface area contributed by atoms with Crippen molar-refractivity contribution in [3.63, 3.8) is 0 Å². The first-order valence-corrected chi connectivity index (χ1v) is 9.84. The SMILES string of the molecule is NS(=O)(=O)c1cc(C(=O)OCC(=O)Nc2ncc(Cl)cc2Cl)c(Cl)cc1Cl. The highest BCUT2D eigenvalue weighted by molar-refractivity contribution is 7.89. The van der Waals surface area contributed by atoms with Crippen molar-refractivity contribution in [3.05, 3.63) is 50.0 Å². The predicted octanol–water partition coefficient (Wildman–Crippen LogP) is 3.14. The van der Waals surface area contributed by atoms with Crippen LogP contribution < -0.4 is 10.5 Å². The summed E-state index contributed by atoms with van der Waals surface area (Å²) in [4.78, 5) is 27.3. The molecule has 0 saturated heterocycles. The van der Waals surface area contributed by atoms with Crippen molar-refractivity contribution in [2.24, 2.45) is 5.14 Å². The van der Waals surface area contributed by atoms with Crippen molar-refractivity contribution in [3.8, 4) is 0 Å². The molecule has 13 heteroatoms. The van der Waals surface area contributed by atoms with E-state index < -0.39 is 33.4 Å². The van der Waals surface area contributed by atoms with Gasteiger partial charge in [0.1, 0.15) is 4.90 Å². The molecule has 1 heterocycles. The number of hydrogen-bond acceptors (Lipinski definition) is 6. The molecule has 0 radical (unpaired) electrons. The maximum atomic E-state index is 12.1. The van der Waals surface area contributed by atoms with Crippen LogP contribution in [0.4, 0.5) is 5.82 Å². The van der Waals surface area contributed by atoms with Gasteiger partial charge in [0.15, 0.2) is 12.4 Å². The van der Waals surface area contributed by atoms with Gasteiger partial charge < -0.3 is 10.1 Å². The van der Waals surface area contributed by atoms with E-state index in [0.717, 1.165) is 12.1 Å². The normalized spacial score (nSPS) is 11.1. The third-order valence-corrected chi connectivity index (χ3v) is 5.13. The maximum absolute atomic E-state index is 12.1. The number of hydrogen-bond donors (Lipinski definition) is 2. The zero-order valence-corrected chi connectivity index (χ0v) is 16.8. The second-order valence-electron chi connectivity index (χ2n) is 4.92. The lowest BCUT2D eigenvalue weighted by molar-refractivity contribution is -0.119. The molecule has 27 heavy (non-hydrogen) atoms. The summed E-state index contributed by atoms with van der Waals surface area (Å²) < 4.78 is 27.7. The summed E-state index contributed by atoms with van der Waals surface area (Å²) in [5, 5.41) is 7.24. The Morgan fingerprint density at radius 2 is 1.74 bits per heavy atom. The monoisotopic (exact) mass is 471 g/mol. The number of sulfonamides is 1. The molecule has 0 atom stereocenters. The van der Waals surface area contributed by atoms with Crippen LogP contribution in [0.15, 0.2) is 29.3 Å². The van der Waals surface area contributed by atoms with E-state index in [1.54, 1.807) is 0 Å². The second kappa shape index (κ2) is 8.59. The van der Waals surface area contributed by atoms with Gasteiger partial charge in [0.25, 0.3) is 5.91 Å². The predicted molar refractivity (Wildman–Crippen MR) is 101 cm³/mol. The average Bonchev–Trinajstić information content (AvgIpc) is 2.54. The van der Waals surface area contributed by atoms with Crippen LogP contribution in [0.5, 0.6) is 0 Å². The fourth-order valence-corrected chi connectivity index (χ4v) is 3.61. The number of amides is 1. The molecule has 1 aromatic carbocycles. The van der Waals surface area contributed by atoms with Gasteiger partial charge in [-0.3, -0.25) is 4.79 Å². The summed E-state index contributed by atoms with van der Waals surface area (Å²) in [7, 11) is -4.20. The van der Waals surface area contributed by atoms with Crippen molar-refractivity contribution >= 4 is 74.1 Å². The first-order chi connectivity index (χ1) is 12.5. The number of esters is 1. The van der Waals surface area contributed by atoms with E-state index in [4.69, 9.17) is 56.3 Å². The van der Waals surface area contributed by atoms with Crippen LogP contribution in [0, 0.1) is 0 Å². The molecule has 2 rings (SSSR count). The quantitative estimate of drug-likeness (QED) is 0.643. The zero-order chi connectivity index (χ0) is 20.4. The first kappa shape index (κ1) is 21.7. The van der Waals surface area contributed by atoms with Gasteiger partial charge in [-0.15, -0.1) is 0 Å². The lowest BCUT2D eigenvalue weighted by Gasteiger charge is -2.10. The largest absolute Gasteiger partial charge is 0.452 e. The lowest BCUT2D eigenvalue weighted by atomic mass is 10.2. The standard InChI is InChI=1S/C14H9Cl4N3O5S/c15-6-1-10(18)13(20-4-6)21-12(22)5-26-14(23)7-2-11(27(19,24)25)9(17)3-8(7)16/h1-4H,5H2,(H2,19,24,25)(H,20,21,22). The van der Waals surface area contributed by atoms with Crippen LogP contribution in [0.3, 0.4) is 0 Å². The molecular weight excluding hydrogens is 464 g/mol. The van der Waals surface area contributed by atoms with Crippen LogP contribution in [-0.2, 0) is 19.6 Å². The summed E-state index contributed by atoms with van der Waals surface area (Å²) in [6, 6.07) is 3.24. The Morgan fingerprint density at radius 3 is 2.33 bits per heavy atom. The van der Waals surface area contributed by atoms with Crippen LogP contribution in [-0.4, -0.2) is 31.9 Å². The van der Waals surface area contributed by atoms with Gasteiger partial charge in [-0.05, 0) is 18.2 Å². The van der Waals surface area contributed by atoms with Crippen molar-refractivity contribution in [2.75, 3.05) is 11.9 Å². The second-order valence-corrected chi connectivity index (χ2v) is 8.10. The van der Waals surface area contributed by atoms with E-state index in [1.165, 1.54) is 12.3 Å². The molecule has 0 aliphatic carbocycles. The van der Waals surface area contributed by atoms with Crippen molar-refractivity contribution in [1.29, 1.82) is 0 Å². The fraction of sp³-hybridized carbons (Fsp3) is 0.0714. The number of rotatable bonds is 5. The summed E-state index contributed by atoms with van der Waals surface area (Å²) >= 11 is 23.2. The number of carbonyl (C=O) groups excluding carboxylic acids is 2. The number of pyridine rings is 1. The molecule has 0 saturated carbocycles. The van der Waals surface area contributed by atoms with Gasteiger partial charge in [0.05, 0.1) is 25.7 Å². The Balaban J connectivity index is 2.10. The molecular formula is C14H9Cl4N3O5S. The van der Waals surface area contributed by atoms with Gasteiger partial charge in [-0.25, -0.2) is 23.3 Å². The average molecular weight is 473 g/mol. The number of aromatic nitrogens is 1. The molecule has 3 N–H and O–H groups in total. The Kier molecular flexibility index (Phi) is 6.90. The van der Waals surface area contributed by atoms with E-state index in [2.05, 4.69) is 10.3 Å². The number of primary sulfonamides is 1. The molecule has 0 fully saturated rings. The van der Waals surface area contributed by atoms with Crippen molar-refractivity contribution < 1.29 is 22.7 Å². The molecule has 0 unspecified atom stereocenters. The summed E-state index contributed by atoms with van der Waals surface area (Å²) in [6.45, 7) is -0.719. The Labute approximate surface area is 173 Å². The molecule has 2 aromatic rings. The molecule has 144 valence electrons. The summed E-state index contributed by atoms with van der Waals surface area (Å²) in [5.74, 6) is -1.80. The molecule has 1 amide bonds. The van der Waals surface area contributed by atoms with E-state index >= 15 is 0 Å². The summed E-state index contributed by atoms with van der Waals surface area (Å²) in [5.41, 5.74) is -0.333. The van der Waals surface area contributed by atoms with Crippen molar-refractivity contribution in [1.82, 2.24) is 4.98 Å². The number of benzene rings is 1. The van der Waals surface area contributed by atoms with E-state index in [-0.39, 0.29) is 31.5 Å². The molecule has 0 spiro atoms. The van der Waals surface area contributed by atoms with Crippen LogP contribution >= 0.6 is 46.4 Å². The molecule has 1 aromatic heterocycles. The first-order valence-electron chi connectivity index (χ1n) is 6.79. The van der Waals surface area contributed by atoms with E-state index in [9.17, 15) is 18.0 Å². The topological polar surface area (TPSA) is 128 Å². The van der Waals surface area contributed by atoms with Crippen LogP contribution in [0.2, 0.25) is 20.1 Å². The highest BCUT2D eigenvalue weighted by atomic mass is 35.5. The molecule has 0 aliphatic rings. The zero-order valence-electron chi connectivity index (χ0n) is 13.0. The third kappa shape index (κ3) is 5.68. The molecule has 0 aliphatic heterocycles. The number of nitrogens with zero attached hydrogens (tertiary/aromatic N) is 1. The van der Waals surface area contributed by atoms with Gasteiger partial charge in [0.2, 0.25) is 10.0 Å². The number of halogens is 4. The highest BCUT2D eigenvalue weighted by Crippen LogP contribution is 2.28. The Hall–Kier alpha value is -1.62. The number of anilines is 1. The van der Waals surface area contributed by atoms with Gasteiger partial charge in [-0.1, -0.05) is 46.4 Å². The summed E-state index contributed by atoms with van der Waals surface area (Å²) in [6.07, 6.45) is 1.26. The molecule has 8 nitrogen and oxygen atoms in total. The maximum Gasteiger partial charge on any atom is 0.340 e. The third-order valence-electron chi connectivity index (χ3n) is 2.95. The number of nitrogens with two attached hydrogens (primary N) is 1. The van der Waals surface area contributed by atoms with Gasteiger partial charge in [0, 0.05) is 6.20 Å². The lowest BCUT2D eigenvalue weighted by Crippen LogP contribution is -2.22. The minimum Gasteiger partial charge on any atom is -0.452 e. The fourth-order valence-electron chi connectivity index (χ4n) is 1.79. The smallest absolute Gasteiger partial charge is 0.340 e.